The van der Waals surface area contributed by atoms with Crippen LogP contribution < -0.4 is 5.32 Å². The third-order valence-electron chi connectivity index (χ3n) is 3.96. The smallest absolute Gasteiger partial charge is 0.160 e. The zero-order valence-electron chi connectivity index (χ0n) is 12.1. The largest absolute Gasteiger partial charge is 0.387 e. The third kappa shape index (κ3) is 3.67. The summed E-state index contributed by atoms with van der Waals surface area (Å²) in [5, 5.41) is 14.0. The lowest BCUT2D eigenvalue weighted by molar-refractivity contribution is 0.158. The van der Waals surface area contributed by atoms with E-state index in [0.29, 0.717) is 0 Å². The molecule has 1 fully saturated rings. The first kappa shape index (κ1) is 14.6. The molecule has 2 atom stereocenters. The van der Waals surface area contributed by atoms with Crippen LogP contribution in [0.15, 0.2) is 70.5 Å². The quantitative estimate of drug-likeness (QED) is 0.832. The van der Waals surface area contributed by atoms with Crippen molar-refractivity contribution in [1.29, 1.82) is 0 Å². The predicted molar refractivity (Wildman–Crippen MR) is 88.7 cm³/mol. The molecule has 0 radical (unpaired) electrons. The van der Waals surface area contributed by atoms with Crippen molar-refractivity contribution >= 4 is 10.9 Å². The van der Waals surface area contributed by atoms with Crippen LogP contribution in [0.1, 0.15) is 12.8 Å². The van der Waals surface area contributed by atoms with Gasteiger partial charge < -0.3 is 10.4 Å². The highest BCUT2D eigenvalue weighted by molar-refractivity contribution is 7.97. The summed E-state index contributed by atoms with van der Waals surface area (Å²) in [6.07, 6.45) is 1.98. The lowest BCUT2D eigenvalue weighted by atomic mass is 10.1. The van der Waals surface area contributed by atoms with Gasteiger partial charge in [0.25, 0.3) is 0 Å². The second-order valence-electron chi connectivity index (χ2n) is 5.45. The third-order valence-corrected chi connectivity index (χ3v) is 6.31. The molecule has 21 heavy (non-hydrogen) atoms. The Kier molecular flexibility index (Phi) is 4.96. The van der Waals surface area contributed by atoms with Gasteiger partial charge in [-0.1, -0.05) is 36.4 Å². The second kappa shape index (κ2) is 7.12. The Hall–Kier alpha value is -1.29. The van der Waals surface area contributed by atoms with Gasteiger partial charge in [0, 0.05) is 6.04 Å². The summed E-state index contributed by atoms with van der Waals surface area (Å²) >= 11 is 0. The van der Waals surface area contributed by atoms with E-state index in [1.807, 2.05) is 12.1 Å². The van der Waals surface area contributed by atoms with Crippen LogP contribution >= 0.6 is 0 Å². The maximum Gasteiger partial charge on any atom is 0.160 e. The minimum atomic E-state index is -0.281. The van der Waals surface area contributed by atoms with Gasteiger partial charge in [-0.3, -0.25) is 0 Å². The van der Waals surface area contributed by atoms with E-state index in [4.69, 9.17) is 0 Å². The van der Waals surface area contributed by atoms with Crippen LogP contribution in [-0.4, -0.2) is 29.5 Å². The van der Waals surface area contributed by atoms with E-state index in [0.717, 1.165) is 18.7 Å². The van der Waals surface area contributed by atoms with Gasteiger partial charge in [0.15, 0.2) is 9.79 Å². The van der Waals surface area contributed by atoms with Crippen molar-refractivity contribution in [2.45, 2.75) is 34.8 Å². The fraction of sp³-hybridized carbons (Fsp3) is 0.333. The van der Waals surface area contributed by atoms with Crippen molar-refractivity contribution in [3.05, 3.63) is 60.7 Å². The van der Waals surface area contributed by atoms with Crippen LogP contribution in [0.2, 0.25) is 0 Å². The summed E-state index contributed by atoms with van der Waals surface area (Å²) in [6, 6.07) is 21.4. The normalized spacial score (nSPS) is 19.8. The predicted octanol–water partition coefficient (Wildman–Crippen LogP) is 2.84. The van der Waals surface area contributed by atoms with E-state index in [-0.39, 0.29) is 23.0 Å². The maximum absolute atomic E-state index is 10.6. The van der Waals surface area contributed by atoms with Crippen LogP contribution in [0.3, 0.4) is 0 Å². The molecule has 0 aliphatic carbocycles. The van der Waals surface area contributed by atoms with Crippen molar-refractivity contribution in [2.24, 2.45) is 0 Å². The first-order chi connectivity index (χ1) is 10.3. The molecule has 110 valence electrons. The molecule has 1 aliphatic heterocycles. The standard InChI is InChI=1S/C18H22NOS/c20-18(17-12-7-13-19-17)14-21(15-8-3-1-4-9-15)16-10-5-2-6-11-16/h1-6,8-11,17-20H,7,12-14H2/q+1/t17-,18-/m0/s1. The minimum absolute atomic E-state index is 0.0673. The van der Waals surface area contributed by atoms with Gasteiger partial charge in [-0.2, -0.15) is 0 Å². The Balaban J connectivity index is 1.82. The summed E-state index contributed by atoms with van der Waals surface area (Å²) in [5.41, 5.74) is 0. The Bertz CT molecular complexity index is 500. The molecule has 2 nitrogen and oxygen atoms in total. The monoisotopic (exact) mass is 300 g/mol. The summed E-state index contributed by atoms with van der Waals surface area (Å²) in [7, 11) is -0.0673. The molecule has 0 spiro atoms. The van der Waals surface area contributed by atoms with Crippen LogP contribution in [0.5, 0.6) is 0 Å². The topological polar surface area (TPSA) is 32.3 Å². The fourth-order valence-electron chi connectivity index (χ4n) is 2.82. The van der Waals surface area contributed by atoms with Crippen molar-refractivity contribution in [2.75, 3.05) is 12.3 Å². The molecule has 2 aromatic carbocycles. The Labute approximate surface area is 129 Å². The average molecular weight is 300 g/mol. The van der Waals surface area contributed by atoms with Gasteiger partial charge >= 0.3 is 0 Å². The molecular formula is C18H22NOS+. The molecule has 0 bridgehead atoms. The molecule has 0 amide bonds. The van der Waals surface area contributed by atoms with Gasteiger partial charge in [-0.25, -0.2) is 0 Å². The van der Waals surface area contributed by atoms with E-state index in [2.05, 4.69) is 53.8 Å². The average Bonchev–Trinajstić information content (AvgIpc) is 3.09. The summed E-state index contributed by atoms with van der Waals surface area (Å²) in [6.45, 7) is 1.03. The number of benzene rings is 2. The van der Waals surface area contributed by atoms with Crippen molar-refractivity contribution in [3.63, 3.8) is 0 Å². The number of aliphatic hydroxyl groups is 1. The van der Waals surface area contributed by atoms with E-state index in [1.54, 1.807) is 0 Å². The zero-order chi connectivity index (χ0) is 14.5. The van der Waals surface area contributed by atoms with Crippen molar-refractivity contribution in [1.82, 2.24) is 5.32 Å². The molecule has 2 aromatic rings. The molecule has 0 aromatic heterocycles. The van der Waals surface area contributed by atoms with E-state index >= 15 is 0 Å². The molecule has 1 saturated heterocycles. The first-order valence-corrected chi connectivity index (χ1v) is 8.96. The Morgan fingerprint density at radius 1 is 1.00 bits per heavy atom. The highest BCUT2D eigenvalue weighted by Gasteiger charge is 2.33. The van der Waals surface area contributed by atoms with Gasteiger partial charge in [0.2, 0.25) is 0 Å². The van der Waals surface area contributed by atoms with Crippen molar-refractivity contribution < 1.29 is 5.11 Å². The lowest BCUT2D eigenvalue weighted by Crippen LogP contribution is -2.39. The first-order valence-electron chi connectivity index (χ1n) is 7.57. The molecule has 3 heteroatoms. The molecule has 0 unspecified atom stereocenters. The minimum Gasteiger partial charge on any atom is -0.387 e. The molecule has 3 rings (SSSR count). The van der Waals surface area contributed by atoms with Gasteiger partial charge in [-0.15, -0.1) is 0 Å². The second-order valence-corrected chi connectivity index (χ2v) is 7.51. The SMILES string of the molecule is O[C@@H](C[S+](c1ccccc1)c1ccccc1)[C@@H]1CCCN1. The van der Waals surface area contributed by atoms with E-state index < -0.39 is 0 Å². The lowest BCUT2D eigenvalue weighted by Gasteiger charge is -2.18. The van der Waals surface area contributed by atoms with E-state index in [9.17, 15) is 5.11 Å². The van der Waals surface area contributed by atoms with Crippen LogP contribution in [0, 0.1) is 0 Å². The van der Waals surface area contributed by atoms with Crippen LogP contribution in [0.25, 0.3) is 0 Å². The number of nitrogens with one attached hydrogen (secondary N) is 1. The van der Waals surface area contributed by atoms with Crippen molar-refractivity contribution in [3.8, 4) is 0 Å². The molecule has 0 saturated carbocycles. The zero-order valence-corrected chi connectivity index (χ0v) is 12.9. The number of rotatable bonds is 5. The molecule has 1 aliphatic rings. The fourth-order valence-corrected chi connectivity index (χ4v) is 5.03. The number of hydrogen-bond donors (Lipinski definition) is 2. The Morgan fingerprint density at radius 2 is 1.57 bits per heavy atom. The molecule has 1 heterocycles. The molecule has 2 N–H and O–H groups in total. The van der Waals surface area contributed by atoms with Crippen LogP contribution in [-0.2, 0) is 10.9 Å². The highest BCUT2D eigenvalue weighted by atomic mass is 32.2. The maximum atomic E-state index is 10.6. The summed E-state index contributed by atoms with van der Waals surface area (Å²) in [4.78, 5) is 2.61. The highest BCUT2D eigenvalue weighted by Crippen LogP contribution is 2.25. The van der Waals surface area contributed by atoms with Gasteiger partial charge in [-0.05, 0) is 43.7 Å². The van der Waals surface area contributed by atoms with Gasteiger partial charge in [0.1, 0.15) is 11.9 Å². The number of aliphatic hydroxyl groups excluding tert-OH is 1. The summed E-state index contributed by atoms with van der Waals surface area (Å²) in [5.74, 6) is 0.797. The van der Waals surface area contributed by atoms with Crippen LogP contribution in [0.4, 0.5) is 0 Å². The van der Waals surface area contributed by atoms with Gasteiger partial charge in [0.05, 0.1) is 10.9 Å². The van der Waals surface area contributed by atoms with E-state index in [1.165, 1.54) is 16.2 Å². The number of hydrogen-bond acceptors (Lipinski definition) is 2. The molecular weight excluding hydrogens is 278 g/mol. The summed E-state index contributed by atoms with van der Waals surface area (Å²) < 4.78 is 0. The Morgan fingerprint density at radius 3 is 2.05 bits per heavy atom.